The summed E-state index contributed by atoms with van der Waals surface area (Å²) < 4.78 is 1.53. The first-order chi connectivity index (χ1) is 7.67. The fraction of sp³-hybridized carbons (Fsp3) is 0.500. The lowest BCUT2D eigenvalue weighted by Crippen LogP contribution is -2.32. The minimum atomic E-state index is -0.272. The van der Waals surface area contributed by atoms with E-state index in [0.717, 1.165) is 0 Å². The normalized spacial score (nSPS) is 11.8. The molecule has 0 aliphatic heterocycles. The number of nitrogens with two attached hydrogens (primary N) is 1. The molecule has 16 heavy (non-hydrogen) atoms. The molecule has 1 aromatic heterocycles. The van der Waals surface area contributed by atoms with Gasteiger partial charge in [0.15, 0.2) is 5.69 Å². The number of hydrogen-bond acceptors (Lipinski definition) is 4. The van der Waals surface area contributed by atoms with Crippen molar-refractivity contribution in [2.75, 3.05) is 6.54 Å². The topological polar surface area (TPSA) is 85.8 Å². The van der Waals surface area contributed by atoms with E-state index in [1.165, 1.54) is 4.68 Å². The molecule has 0 aliphatic rings. The van der Waals surface area contributed by atoms with Crippen LogP contribution in [-0.4, -0.2) is 33.5 Å². The Morgan fingerprint density at radius 1 is 1.81 bits per heavy atom. The lowest BCUT2D eigenvalue weighted by Gasteiger charge is -2.08. The quantitative estimate of drug-likeness (QED) is 0.649. The van der Waals surface area contributed by atoms with Crippen LogP contribution in [0.15, 0.2) is 6.20 Å². The van der Waals surface area contributed by atoms with Crippen LogP contribution in [0.5, 0.6) is 0 Å². The van der Waals surface area contributed by atoms with Gasteiger partial charge >= 0.3 is 0 Å². The van der Waals surface area contributed by atoms with Gasteiger partial charge in [0.25, 0.3) is 5.91 Å². The second-order valence-corrected chi connectivity index (χ2v) is 3.44. The maximum atomic E-state index is 11.6. The van der Waals surface area contributed by atoms with Gasteiger partial charge in [-0.1, -0.05) is 5.21 Å². The van der Waals surface area contributed by atoms with E-state index < -0.39 is 0 Å². The van der Waals surface area contributed by atoms with Crippen molar-refractivity contribution in [2.45, 2.75) is 25.9 Å². The summed E-state index contributed by atoms with van der Waals surface area (Å²) in [4.78, 5) is 11.6. The first-order valence-corrected chi connectivity index (χ1v) is 5.02. The van der Waals surface area contributed by atoms with Gasteiger partial charge in [0.1, 0.15) is 0 Å². The van der Waals surface area contributed by atoms with Gasteiger partial charge in [-0.05, 0) is 6.92 Å². The highest BCUT2D eigenvalue weighted by Crippen LogP contribution is 1.95. The molecule has 1 amide bonds. The molecule has 6 nitrogen and oxygen atoms in total. The highest BCUT2D eigenvalue weighted by atomic mass is 16.2. The Labute approximate surface area is 94.2 Å². The van der Waals surface area contributed by atoms with Crippen molar-refractivity contribution >= 4 is 5.91 Å². The largest absolute Gasteiger partial charge is 0.347 e. The fourth-order valence-electron chi connectivity index (χ4n) is 1.17. The zero-order valence-corrected chi connectivity index (χ0v) is 9.18. The van der Waals surface area contributed by atoms with Crippen LogP contribution in [-0.2, 0) is 6.54 Å². The van der Waals surface area contributed by atoms with Gasteiger partial charge < -0.3 is 11.1 Å². The number of aromatic nitrogens is 3. The van der Waals surface area contributed by atoms with Crippen molar-refractivity contribution in [3.8, 4) is 12.3 Å². The Morgan fingerprint density at radius 2 is 2.56 bits per heavy atom. The maximum Gasteiger partial charge on any atom is 0.273 e. The minimum Gasteiger partial charge on any atom is -0.347 e. The highest BCUT2D eigenvalue weighted by molar-refractivity contribution is 5.92. The Kier molecular flexibility index (Phi) is 4.48. The van der Waals surface area contributed by atoms with Crippen LogP contribution in [0.4, 0.5) is 0 Å². The molecule has 0 fully saturated rings. The van der Waals surface area contributed by atoms with Crippen LogP contribution < -0.4 is 11.1 Å². The van der Waals surface area contributed by atoms with Crippen LogP contribution in [0.1, 0.15) is 23.8 Å². The molecule has 0 radical (unpaired) electrons. The number of rotatable bonds is 5. The smallest absolute Gasteiger partial charge is 0.273 e. The summed E-state index contributed by atoms with van der Waals surface area (Å²) in [6.07, 6.45) is 7.19. The third kappa shape index (κ3) is 3.37. The summed E-state index contributed by atoms with van der Waals surface area (Å²) in [5.74, 6) is 2.21. The molecule has 0 saturated carbocycles. The molecule has 6 heteroatoms. The number of carbonyl (C=O) groups excluding carboxylic acids is 1. The predicted octanol–water partition coefficient (Wildman–Crippen LogP) is -0.622. The molecule has 0 aromatic carbocycles. The zero-order chi connectivity index (χ0) is 12.0. The van der Waals surface area contributed by atoms with E-state index in [9.17, 15) is 4.79 Å². The van der Waals surface area contributed by atoms with E-state index in [4.69, 9.17) is 12.2 Å². The number of nitrogens with one attached hydrogen (secondary N) is 1. The van der Waals surface area contributed by atoms with Crippen LogP contribution >= 0.6 is 0 Å². The van der Waals surface area contributed by atoms with E-state index >= 15 is 0 Å². The average molecular weight is 221 g/mol. The van der Waals surface area contributed by atoms with Crippen molar-refractivity contribution in [1.82, 2.24) is 20.3 Å². The van der Waals surface area contributed by atoms with Crippen LogP contribution in [0, 0.1) is 12.3 Å². The molecule has 86 valence electrons. The van der Waals surface area contributed by atoms with Gasteiger partial charge in [0.05, 0.1) is 12.7 Å². The van der Waals surface area contributed by atoms with Crippen molar-refractivity contribution in [1.29, 1.82) is 0 Å². The van der Waals surface area contributed by atoms with Crippen molar-refractivity contribution in [3.05, 3.63) is 11.9 Å². The van der Waals surface area contributed by atoms with E-state index in [1.807, 2.05) is 6.92 Å². The SMILES string of the molecule is C#CCC(C)NC(=O)c1cn(CCN)nn1. The third-order valence-electron chi connectivity index (χ3n) is 1.93. The van der Waals surface area contributed by atoms with Crippen LogP contribution in [0.25, 0.3) is 0 Å². The number of amides is 1. The predicted molar refractivity (Wildman–Crippen MR) is 59.5 cm³/mol. The molecule has 3 N–H and O–H groups in total. The summed E-state index contributed by atoms with van der Waals surface area (Å²) in [6, 6.07) is -0.0721. The fourth-order valence-corrected chi connectivity index (χ4v) is 1.17. The van der Waals surface area contributed by atoms with Gasteiger partial charge in [-0.2, -0.15) is 0 Å². The molecule has 1 atom stereocenters. The molecule has 0 saturated heterocycles. The highest BCUT2D eigenvalue weighted by Gasteiger charge is 2.12. The monoisotopic (exact) mass is 221 g/mol. The molecule has 0 spiro atoms. The molecule has 1 unspecified atom stereocenters. The Balaban J connectivity index is 2.56. The molecule has 1 rings (SSSR count). The number of hydrogen-bond donors (Lipinski definition) is 2. The molecule has 1 heterocycles. The van der Waals surface area contributed by atoms with Gasteiger partial charge in [-0.25, -0.2) is 0 Å². The number of carbonyl (C=O) groups is 1. The van der Waals surface area contributed by atoms with Crippen molar-refractivity contribution < 1.29 is 4.79 Å². The van der Waals surface area contributed by atoms with Crippen molar-refractivity contribution in [2.24, 2.45) is 5.73 Å². The lowest BCUT2D eigenvalue weighted by molar-refractivity contribution is 0.0935. The average Bonchev–Trinajstić information content (AvgIpc) is 2.67. The lowest BCUT2D eigenvalue weighted by atomic mass is 10.2. The van der Waals surface area contributed by atoms with E-state index in [1.54, 1.807) is 6.20 Å². The summed E-state index contributed by atoms with van der Waals surface area (Å²) in [5.41, 5.74) is 5.63. The molecular weight excluding hydrogens is 206 g/mol. The van der Waals surface area contributed by atoms with Gasteiger partial charge in [-0.3, -0.25) is 9.48 Å². The van der Waals surface area contributed by atoms with Gasteiger partial charge in [0.2, 0.25) is 0 Å². The van der Waals surface area contributed by atoms with Gasteiger partial charge in [0, 0.05) is 19.0 Å². The Morgan fingerprint density at radius 3 is 3.19 bits per heavy atom. The van der Waals surface area contributed by atoms with E-state index in [0.29, 0.717) is 19.5 Å². The summed E-state index contributed by atoms with van der Waals surface area (Å²) in [7, 11) is 0. The second kappa shape index (κ2) is 5.88. The van der Waals surface area contributed by atoms with Gasteiger partial charge in [-0.15, -0.1) is 17.4 Å². The maximum absolute atomic E-state index is 11.6. The molecule has 1 aromatic rings. The molecule has 0 bridgehead atoms. The Hall–Kier alpha value is -1.87. The zero-order valence-electron chi connectivity index (χ0n) is 9.18. The number of nitrogens with zero attached hydrogens (tertiary/aromatic N) is 3. The first-order valence-electron chi connectivity index (χ1n) is 5.02. The third-order valence-corrected chi connectivity index (χ3v) is 1.93. The second-order valence-electron chi connectivity index (χ2n) is 3.44. The summed E-state index contributed by atoms with van der Waals surface area (Å²) in [5, 5.41) is 10.2. The van der Waals surface area contributed by atoms with E-state index in [2.05, 4.69) is 21.5 Å². The Bertz CT molecular complexity index is 392. The minimum absolute atomic E-state index is 0.0721. The van der Waals surface area contributed by atoms with Crippen LogP contribution in [0.2, 0.25) is 0 Å². The molecular formula is C10H15N5O. The number of terminal acetylenes is 1. The summed E-state index contributed by atoms with van der Waals surface area (Å²) >= 11 is 0. The first kappa shape index (κ1) is 12.2. The van der Waals surface area contributed by atoms with Crippen molar-refractivity contribution in [3.63, 3.8) is 0 Å². The standard InChI is InChI=1S/C10H15N5O/c1-3-4-8(2)12-10(16)9-7-15(6-5-11)14-13-9/h1,7-8H,4-6,11H2,2H3,(H,12,16). The molecule has 0 aliphatic carbocycles. The van der Waals surface area contributed by atoms with Crippen LogP contribution in [0.3, 0.4) is 0 Å². The summed E-state index contributed by atoms with van der Waals surface area (Å²) in [6.45, 7) is 2.83. The van der Waals surface area contributed by atoms with E-state index in [-0.39, 0.29) is 17.6 Å².